The van der Waals surface area contributed by atoms with Crippen LogP contribution < -0.4 is 4.74 Å². The lowest BCUT2D eigenvalue weighted by atomic mass is 9.94. The molecule has 1 aromatic rings. The molecule has 0 saturated carbocycles. The minimum absolute atomic E-state index is 0.128. The van der Waals surface area contributed by atoms with Crippen molar-refractivity contribution in [3.63, 3.8) is 0 Å². The summed E-state index contributed by atoms with van der Waals surface area (Å²) in [5, 5.41) is 0.756. The van der Waals surface area contributed by atoms with Crippen molar-refractivity contribution >= 4 is 17.6 Å². The van der Waals surface area contributed by atoms with Gasteiger partial charge in [-0.05, 0) is 82.3 Å². The molecular formula is C22H33ClN2O3. The highest BCUT2D eigenvalue weighted by atomic mass is 35.5. The Morgan fingerprint density at radius 1 is 1.18 bits per heavy atom. The molecule has 2 heterocycles. The van der Waals surface area contributed by atoms with E-state index in [9.17, 15) is 4.79 Å². The molecular weight excluding hydrogens is 376 g/mol. The van der Waals surface area contributed by atoms with Crippen molar-refractivity contribution in [1.29, 1.82) is 0 Å². The van der Waals surface area contributed by atoms with Crippen LogP contribution in [0.5, 0.6) is 5.75 Å². The molecule has 0 radical (unpaired) electrons. The summed E-state index contributed by atoms with van der Waals surface area (Å²) in [7, 11) is 1.47. The van der Waals surface area contributed by atoms with E-state index in [0.717, 1.165) is 80.7 Å². The summed E-state index contributed by atoms with van der Waals surface area (Å²) in [5.41, 5.74) is 1.10. The van der Waals surface area contributed by atoms with Gasteiger partial charge in [-0.3, -0.25) is 9.69 Å². The number of hydrogen-bond acceptors (Lipinski definition) is 5. The molecule has 1 atom stereocenters. The molecule has 1 aromatic carbocycles. The molecule has 0 unspecified atom stereocenters. The first kappa shape index (κ1) is 21.4. The van der Waals surface area contributed by atoms with Gasteiger partial charge in [-0.2, -0.15) is 0 Å². The number of rotatable bonds is 6. The number of methoxy groups -OCH3 is 1. The Hall–Kier alpha value is -1.30. The van der Waals surface area contributed by atoms with E-state index in [1.54, 1.807) is 0 Å². The summed E-state index contributed by atoms with van der Waals surface area (Å²) in [6, 6.07) is 5.70. The Balaban J connectivity index is 1.38. The van der Waals surface area contributed by atoms with Gasteiger partial charge in [-0.15, -0.1) is 0 Å². The van der Waals surface area contributed by atoms with Gasteiger partial charge >= 0.3 is 5.97 Å². The number of aryl methyl sites for hydroxylation is 1. The van der Waals surface area contributed by atoms with E-state index in [2.05, 4.69) is 9.80 Å². The van der Waals surface area contributed by atoms with Gasteiger partial charge in [0.15, 0.2) is 0 Å². The summed E-state index contributed by atoms with van der Waals surface area (Å²) in [6.07, 6.45) is 4.74. The van der Waals surface area contributed by atoms with Gasteiger partial charge in [0, 0.05) is 24.7 Å². The van der Waals surface area contributed by atoms with Crippen LogP contribution in [0, 0.1) is 12.8 Å². The Labute approximate surface area is 173 Å². The van der Waals surface area contributed by atoms with Crippen molar-refractivity contribution in [2.75, 3.05) is 39.8 Å². The number of likely N-dealkylation sites (tertiary alicyclic amines) is 2. The number of carbonyl (C=O) groups excluding carboxylic acids is 1. The van der Waals surface area contributed by atoms with Gasteiger partial charge < -0.3 is 14.4 Å². The Kier molecular flexibility index (Phi) is 7.61. The van der Waals surface area contributed by atoms with Crippen molar-refractivity contribution < 1.29 is 14.3 Å². The predicted molar refractivity (Wildman–Crippen MR) is 112 cm³/mol. The molecule has 0 bridgehead atoms. The molecule has 0 N–H and O–H groups in total. The predicted octanol–water partition coefficient (Wildman–Crippen LogP) is 3.77. The first-order chi connectivity index (χ1) is 13.5. The average molecular weight is 409 g/mol. The maximum atomic E-state index is 11.7. The standard InChI is InChI=1S/C22H33ClN2O3/c1-16-14-19(23)4-5-21(16)28-20-8-10-24(11-9-20)15-18-6-12-25(13-7-18)17(2)22(26)27-3/h4-5,14,17-18,20H,6-13,15H2,1-3H3/t17-/m1/s1. The maximum Gasteiger partial charge on any atom is 0.322 e. The average Bonchev–Trinajstić information content (AvgIpc) is 2.71. The molecule has 2 saturated heterocycles. The van der Waals surface area contributed by atoms with Crippen LogP contribution in [0.1, 0.15) is 38.2 Å². The number of piperidine rings is 2. The second kappa shape index (κ2) is 9.95. The van der Waals surface area contributed by atoms with Crippen LogP contribution in [-0.2, 0) is 9.53 Å². The van der Waals surface area contributed by atoms with E-state index in [1.807, 2.05) is 32.0 Å². The first-order valence-corrected chi connectivity index (χ1v) is 10.8. The molecule has 5 nitrogen and oxygen atoms in total. The third-order valence-corrected chi connectivity index (χ3v) is 6.46. The highest BCUT2D eigenvalue weighted by Gasteiger charge is 2.29. The summed E-state index contributed by atoms with van der Waals surface area (Å²) in [4.78, 5) is 16.5. The van der Waals surface area contributed by atoms with Gasteiger partial charge in [0.1, 0.15) is 17.9 Å². The van der Waals surface area contributed by atoms with E-state index in [1.165, 1.54) is 7.11 Å². The molecule has 2 aliphatic heterocycles. The minimum Gasteiger partial charge on any atom is -0.490 e. The van der Waals surface area contributed by atoms with Crippen molar-refractivity contribution in [3.8, 4) is 5.75 Å². The van der Waals surface area contributed by atoms with Crippen LogP contribution in [-0.4, -0.2) is 67.7 Å². The van der Waals surface area contributed by atoms with Gasteiger partial charge in [0.25, 0.3) is 0 Å². The van der Waals surface area contributed by atoms with Crippen LogP contribution in [0.15, 0.2) is 18.2 Å². The topological polar surface area (TPSA) is 42.0 Å². The quantitative estimate of drug-likeness (QED) is 0.670. The van der Waals surface area contributed by atoms with E-state index < -0.39 is 0 Å². The van der Waals surface area contributed by atoms with Crippen LogP contribution in [0.25, 0.3) is 0 Å². The van der Waals surface area contributed by atoms with Gasteiger partial charge in [-0.25, -0.2) is 0 Å². The molecule has 3 rings (SSSR count). The van der Waals surface area contributed by atoms with E-state index >= 15 is 0 Å². The highest BCUT2D eigenvalue weighted by Crippen LogP contribution is 2.26. The Morgan fingerprint density at radius 3 is 2.46 bits per heavy atom. The molecule has 28 heavy (non-hydrogen) atoms. The highest BCUT2D eigenvalue weighted by molar-refractivity contribution is 6.30. The fraction of sp³-hybridized carbons (Fsp3) is 0.682. The zero-order chi connectivity index (χ0) is 20.1. The molecule has 2 fully saturated rings. The number of ether oxygens (including phenoxy) is 2. The number of hydrogen-bond donors (Lipinski definition) is 0. The number of benzene rings is 1. The molecule has 0 aromatic heterocycles. The molecule has 0 amide bonds. The van der Waals surface area contributed by atoms with E-state index in [-0.39, 0.29) is 12.0 Å². The van der Waals surface area contributed by atoms with Gasteiger partial charge in [-0.1, -0.05) is 11.6 Å². The molecule has 0 spiro atoms. The molecule has 2 aliphatic rings. The number of carbonyl (C=O) groups is 1. The van der Waals surface area contributed by atoms with Crippen molar-refractivity contribution in [1.82, 2.24) is 9.80 Å². The van der Waals surface area contributed by atoms with Gasteiger partial charge in [0.05, 0.1) is 7.11 Å². The molecule has 0 aliphatic carbocycles. The SMILES string of the molecule is COC(=O)[C@@H](C)N1CCC(CN2CCC(Oc3ccc(Cl)cc3C)CC2)CC1. The Morgan fingerprint density at radius 2 is 1.86 bits per heavy atom. The Bertz CT molecular complexity index is 653. The van der Waals surface area contributed by atoms with Crippen LogP contribution >= 0.6 is 11.6 Å². The van der Waals surface area contributed by atoms with Crippen molar-refractivity contribution in [3.05, 3.63) is 28.8 Å². The van der Waals surface area contributed by atoms with Crippen LogP contribution in [0.4, 0.5) is 0 Å². The summed E-state index contributed by atoms with van der Waals surface area (Å²) in [6.45, 7) is 9.30. The fourth-order valence-electron chi connectivity index (χ4n) is 4.34. The maximum absolute atomic E-state index is 11.7. The number of esters is 1. The van der Waals surface area contributed by atoms with Crippen LogP contribution in [0.2, 0.25) is 5.02 Å². The zero-order valence-corrected chi connectivity index (χ0v) is 18.1. The van der Waals surface area contributed by atoms with Crippen LogP contribution in [0.3, 0.4) is 0 Å². The lowest BCUT2D eigenvalue weighted by Crippen LogP contribution is -2.47. The smallest absolute Gasteiger partial charge is 0.322 e. The summed E-state index contributed by atoms with van der Waals surface area (Å²) in [5.74, 6) is 1.54. The molecule has 6 heteroatoms. The summed E-state index contributed by atoms with van der Waals surface area (Å²) < 4.78 is 11.1. The van der Waals surface area contributed by atoms with E-state index in [4.69, 9.17) is 21.1 Å². The molecule has 156 valence electrons. The summed E-state index contributed by atoms with van der Waals surface area (Å²) >= 11 is 6.03. The van der Waals surface area contributed by atoms with E-state index in [0.29, 0.717) is 6.10 Å². The third-order valence-electron chi connectivity index (χ3n) is 6.22. The lowest BCUT2D eigenvalue weighted by molar-refractivity contribution is -0.146. The normalized spacial score (nSPS) is 21.4. The van der Waals surface area contributed by atoms with Crippen molar-refractivity contribution in [2.24, 2.45) is 5.92 Å². The fourth-order valence-corrected chi connectivity index (χ4v) is 4.57. The third kappa shape index (κ3) is 5.62. The minimum atomic E-state index is -0.129. The largest absolute Gasteiger partial charge is 0.490 e. The second-order valence-electron chi connectivity index (χ2n) is 8.21. The monoisotopic (exact) mass is 408 g/mol. The van der Waals surface area contributed by atoms with Gasteiger partial charge in [0.2, 0.25) is 0 Å². The zero-order valence-electron chi connectivity index (χ0n) is 17.3. The first-order valence-electron chi connectivity index (χ1n) is 10.4. The lowest BCUT2D eigenvalue weighted by Gasteiger charge is -2.38. The van der Waals surface area contributed by atoms with Crippen molar-refractivity contribution in [2.45, 2.75) is 51.7 Å². The number of nitrogens with zero attached hydrogens (tertiary/aromatic N) is 2. The number of halogens is 1. The second-order valence-corrected chi connectivity index (χ2v) is 8.64.